The van der Waals surface area contributed by atoms with Gasteiger partial charge in [-0.2, -0.15) is 0 Å². The van der Waals surface area contributed by atoms with E-state index in [4.69, 9.17) is 10.8 Å². The van der Waals surface area contributed by atoms with Crippen LogP contribution in [0.25, 0.3) is 0 Å². The van der Waals surface area contributed by atoms with Gasteiger partial charge in [0.05, 0.1) is 5.41 Å². The molecule has 0 radical (unpaired) electrons. The first-order valence-corrected chi connectivity index (χ1v) is 5.28. The van der Waals surface area contributed by atoms with Crippen molar-refractivity contribution in [3.8, 4) is 0 Å². The van der Waals surface area contributed by atoms with Crippen molar-refractivity contribution in [2.75, 3.05) is 0 Å². The molecule has 0 aliphatic heterocycles. The lowest BCUT2D eigenvalue weighted by molar-refractivity contribution is -0.147. The molecule has 0 aromatic heterocycles. The van der Waals surface area contributed by atoms with Crippen molar-refractivity contribution in [2.45, 2.75) is 26.3 Å². The smallest absolute Gasteiger partial charge is 0.309 e. The molecule has 0 aliphatic carbocycles. The third kappa shape index (κ3) is 3.01. The van der Waals surface area contributed by atoms with Crippen molar-refractivity contribution in [1.29, 1.82) is 0 Å². The van der Waals surface area contributed by atoms with E-state index in [0.29, 0.717) is 12.1 Å². The number of carboxylic acid groups (broad SMARTS) is 1. The number of benzene rings is 1. The number of rotatable bonds is 4. The van der Waals surface area contributed by atoms with Crippen LogP contribution in [0.4, 0.5) is 13.2 Å². The molecule has 0 saturated heterocycles. The van der Waals surface area contributed by atoms with Gasteiger partial charge in [0.25, 0.3) is 0 Å². The number of aliphatic carboxylic acids is 1. The van der Waals surface area contributed by atoms with Crippen molar-refractivity contribution in [1.82, 2.24) is 0 Å². The predicted octanol–water partition coefficient (Wildman–Crippen LogP) is 2.60. The molecule has 1 rings (SSSR count). The fourth-order valence-electron chi connectivity index (χ4n) is 1.65. The zero-order chi connectivity index (χ0) is 14.1. The number of hydrogen-bond acceptors (Lipinski definition) is 2. The van der Waals surface area contributed by atoms with Gasteiger partial charge in [-0.05, 0) is 20.3 Å². The Morgan fingerprint density at radius 1 is 1.33 bits per heavy atom. The van der Waals surface area contributed by atoms with Crippen LogP contribution in [0.1, 0.15) is 31.9 Å². The molecule has 1 atom stereocenters. The highest BCUT2D eigenvalue weighted by atomic mass is 19.1. The lowest BCUT2D eigenvalue weighted by atomic mass is 9.83. The molecule has 0 bridgehead atoms. The number of carbonyl (C=O) groups is 1. The topological polar surface area (TPSA) is 63.3 Å². The van der Waals surface area contributed by atoms with Crippen LogP contribution in [-0.4, -0.2) is 11.1 Å². The molecule has 0 aliphatic rings. The summed E-state index contributed by atoms with van der Waals surface area (Å²) in [5.41, 5.74) is 3.88. The second kappa shape index (κ2) is 4.97. The van der Waals surface area contributed by atoms with Crippen molar-refractivity contribution in [2.24, 2.45) is 11.1 Å². The van der Waals surface area contributed by atoms with Gasteiger partial charge in [0, 0.05) is 23.7 Å². The van der Waals surface area contributed by atoms with Crippen LogP contribution in [-0.2, 0) is 4.79 Å². The summed E-state index contributed by atoms with van der Waals surface area (Å²) in [5, 5.41) is 8.92. The predicted molar refractivity (Wildman–Crippen MR) is 59.3 cm³/mol. The van der Waals surface area contributed by atoms with Crippen molar-refractivity contribution >= 4 is 5.97 Å². The van der Waals surface area contributed by atoms with Crippen LogP contribution < -0.4 is 5.73 Å². The van der Waals surface area contributed by atoms with Gasteiger partial charge >= 0.3 is 5.97 Å². The highest BCUT2D eigenvalue weighted by molar-refractivity contribution is 5.73. The summed E-state index contributed by atoms with van der Waals surface area (Å²) in [6, 6.07) is -0.116. The molecule has 0 fully saturated rings. The Kier molecular flexibility index (Phi) is 4.01. The van der Waals surface area contributed by atoms with Crippen LogP contribution in [0, 0.1) is 22.9 Å². The minimum absolute atomic E-state index is 0.165. The van der Waals surface area contributed by atoms with Crippen LogP contribution >= 0.6 is 0 Å². The Balaban J connectivity index is 3.05. The normalized spacial score (nSPS) is 13.4. The molecule has 0 spiro atoms. The molecule has 0 amide bonds. The maximum Gasteiger partial charge on any atom is 0.309 e. The zero-order valence-electron chi connectivity index (χ0n) is 10.0. The molecule has 3 N–H and O–H groups in total. The van der Waals surface area contributed by atoms with Crippen molar-refractivity contribution < 1.29 is 23.1 Å². The van der Waals surface area contributed by atoms with E-state index in [1.165, 1.54) is 13.8 Å². The number of halogens is 3. The summed E-state index contributed by atoms with van der Waals surface area (Å²) < 4.78 is 39.6. The summed E-state index contributed by atoms with van der Waals surface area (Å²) in [5.74, 6) is -4.39. The monoisotopic (exact) mass is 261 g/mol. The molecule has 0 heterocycles. The molecule has 3 nitrogen and oxygen atoms in total. The fraction of sp³-hybridized carbons (Fsp3) is 0.417. The van der Waals surface area contributed by atoms with Crippen LogP contribution in [0.2, 0.25) is 0 Å². The lowest BCUT2D eigenvalue weighted by Crippen LogP contribution is -2.29. The molecule has 18 heavy (non-hydrogen) atoms. The number of hydrogen-bond donors (Lipinski definition) is 2. The Morgan fingerprint density at radius 3 is 2.17 bits per heavy atom. The molecule has 1 aromatic rings. The molecular weight excluding hydrogens is 247 g/mol. The maximum atomic E-state index is 13.4. The molecule has 100 valence electrons. The van der Waals surface area contributed by atoms with Gasteiger partial charge in [0.1, 0.15) is 17.5 Å². The van der Waals surface area contributed by atoms with E-state index >= 15 is 0 Å². The first kappa shape index (κ1) is 14.5. The maximum absolute atomic E-state index is 13.4. The molecule has 1 unspecified atom stereocenters. The Morgan fingerprint density at radius 2 is 1.78 bits per heavy atom. The molecule has 0 saturated carbocycles. The standard InChI is InChI=1S/C12H14F3NO2/c1-12(2,11(17)18)5-9(16)10-7(14)3-6(13)4-8(10)15/h3-4,9H,5,16H2,1-2H3,(H,17,18). The van der Waals surface area contributed by atoms with Crippen molar-refractivity contribution in [3.05, 3.63) is 35.1 Å². The summed E-state index contributed by atoms with van der Waals surface area (Å²) >= 11 is 0. The summed E-state index contributed by atoms with van der Waals surface area (Å²) in [7, 11) is 0. The molecule has 6 heteroatoms. The van der Waals surface area contributed by atoms with E-state index < -0.39 is 40.4 Å². The summed E-state index contributed by atoms with van der Waals surface area (Å²) in [4.78, 5) is 10.9. The summed E-state index contributed by atoms with van der Waals surface area (Å²) in [6.45, 7) is 2.79. The van der Waals surface area contributed by atoms with Gasteiger partial charge < -0.3 is 10.8 Å². The van der Waals surface area contributed by atoms with Gasteiger partial charge in [-0.3, -0.25) is 4.79 Å². The Hall–Kier alpha value is -1.56. The summed E-state index contributed by atoms with van der Waals surface area (Å²) in [6.07, 6.45) is -0.165. The van der Waals surface area contributed by atoms with E-state index in [2.05, 4.69) is 0 Å². The quantitative estimate of drug-likeness (QED) is 0.875. The second-order valence-corrected chi connectivity index (χ2v) is 4.78. The first-order chi connectivity index (χ1) is 8.15. The minimum Gasteiger partial charge on any atom is -0.481 e. The SMILES string of the molecule is CC(C)(CC(N)c1c(F)cc(F)cc1F)C(=O)O. The van der Waals surface area contributed by atoms with E-state index in [1.807, 2.05) is 0 Å². The average molecular weight is 261 g/mol. The van der Waals surface area contributed by atoms with Crippen LogP contribution in [0.3, 0.4) is 0 Å². The number of nitrogens with two attached hydrogens (primary N) is 1. The third-order valence-corrected chi connectivity index (χ3v) is 2.72. The van der Waals surface area contributed by atoms with Gasteiger partial charge in [-0.1, -0.05) is 0 Å². The Bertz CT molecular complexity index is 451. The van der Waals surface area contributed by atoms with Crippen LogP contribution in [0.15, 0.2) is 12.1 Å². The van der Waals surface area contributed by atoms with Crippen molar-refractivity contribution in [3.63, 3.8) is 0 Å². The average Bonchev–Trinajstić information content (AvgIpc) is 2.13. The fourth-order valence-corrected chi connectivity index (χ4v) is 1.65. The first-order valence-electron chi connectivity index (χ1n) is 5.28. The highest BCUT2D eigenvalue weighted by Gasteiger charge is 2.32. The van der Waals surface area contributed by atoms with Gasteiger partial charge in [-0.15, -0.1) is 0 Å². The molecule has 1 aromatic carbocycles. The molecular formula is C12H14F3NO2. The van der Waals surface area contributed by atoms with E-state index in [9.17, 15) is 18.0 Å². The zero-order valence-corrected chi connectivity index (χ0v) is 10.0. The largest absolute Gasteiger partial charge is 0.481 e. The van der Waals surface area contributed by atoms with Gasteiger partial charge in [0.15, 0.2) is 0 Å². The second-order valence-electron chi connectivity index (χ2n) is 4.78. The third-order valence-electron chi connectivity index (χ3n) is 2.72. The Labute approximate surface area is 102 Å². The van der Waals surface area contributed by atoms with Gasteiger partial charge in [0.2, 0.25) is 0 Å². The number of carboxylic acids is 1. The minimum atomic E-state index is -1.23. The van der Waals surface area contributed by atoms with E-state index in [-0.39, 0.29) is 6.42 Å². The van der Waals surface area contributed by atoms with Gasteiger partial charge in [-0.25, -0.2) is 13.2 Å². The lowest BCUT2D eigenvalue weighted by Gasteiger charge is -2.24. The van der Waals surface area contributed by atoms with E-state index in [0.717, 1.165) is 0 Å². The van der Waals surface area contributed by atoms with Crippen LogP contribution in [0.5, 0.6) is 0 Å². The van der Waals surface area contributed by atoms with E-state index in [1.54, 1.807) is 0 Å². The highest BCUT2D eigenvalue weighted by Crippen LogP contribution is 2.31.